The fourth-order valence-electron chi connectivity index (χ4n) is 3.03. The van der Waals surface area contributed by atoms with Crippen LogP contribution in [0.5, 0.6) is 0 Å². The number of rotatable bonds is 16. The molecule has 0 aliphatic carbocycles. The summed E-state index contributed by atoms with van der Waals surface area (Å²) in [4.78, 5) is 44.6. The third-order valence-corrected chi connectivity index (χ3v) is 5.30. The summed E-state index contributed by atoms with van der Waals surface area (Å²) in [5.74, 6) is -0.552. The highest BCUT2D eigenvalue weighted by atomic mass is 17.2. The Balaban J connectivity index is 2.48. The molecule has 0 fully saturated rings. The Morgan fingerprint density at radius 1 is 0.767 bits per heavy atom. The molecule has 0 aromatic heterocycles. The molecule has 170 valence electrons. The molecule has 0 aliphatic rings. The van der Waals surface area contributed by atoms with Gasteiger partial charge >= 0.3 is 11.9 Å². The van der Waals surface area contributed by atoms with E-state index in [0.717, 1.165) is 51.4 Å². The van der Waals surface area contributed by atoms with Gasteiger partial charge in [0.15, 0.2) is 0 Å². The highest BCUT2D eigenvalue weighted by molar-refractivity contribution is 5.94. The summed E-state index contributed by atoms with van der Waals surface area (Å²) in [6, 6.07) is 6.14. The van der Waals surface area contributed by atoms with Crippen molar-refractivity contribution in [1.29, 1.82) is 0 Å². The van der Waals surface area contributed by atoms with Crippen molar-refractivity contribution >= 4 is 11.9 Å². The van der Waals surface area contributed by atoms with Gasteiger partial charge in [0.05, 0.1) is 24.3 Å². The van der Waals surface area contributed by atoms with Gasteiger partial charge in [0.25, 0.3) is 0 Å². The van der Waals surface area contributed by atoms with Crippen LogP contribution in [0.3, 0.4) is 0 Å². The summed E-state index contributed by atoms with van der Waals surface area (Å²) in [5, 5.41) is 0. The lowest BCUT2D eigenvalue weighted by Crippen LogP contribution is -2.15. The molecule has 6 heteroatoms. The van der Waals surface area contributed by atoms with Crippen LogP contribution in [0.2, 0.25) is 0 Å². The first-order valence-electron chi connectivity index (χ1n) is 11.3. The van der Waals surface area contributed by atoms with Gasteiger partial charge in [-0.2, -0.15) is 9.78 Å². The van der Waals surface area contributed by atoms with Gasteiger partial charge in [0, 0.05) is 0 Å². The van der Waals surface area contributed by atoms with E-state index in [4.69, 9.17) is 19.6 Å². The smallest absolute Gasteiger partial charge is 0.293 e. The average molecular weight is 423 g/mol. The minimum absolute atomic E-state index is 0.223. The molecule has 0 bridgehead atoms. The molecule has 0 radical (unpaired) electrons. The zero-order valence-electron chi connectivity index (χ0n) is 19.0. The topological polar surface area (TPSA) is 71.1 Å². The number of carbonyl (C=O) groups excluding carboxylic acids is 2. The predicted molar refractivity (Wildman–Crippen MR) is 116 cm³/mol. The molecule has 0 saturated heterocycles. The first kappa shape index (κ1) is 26.1. The Hall–Kier alpha value is -1.92. The van der Waals surface area contributed by atoms with E-state index in [9.17, 15) is 9.59 Å². The van der Waals surface area contributed by atoms with Crippen molar-refractivity contribution in [2.45, 2.75) is 79.1 Å². The predicted octanol–water partition coefficient (Wildman–Crippen LogP) is 6.30. The number of benzene rings is 1. The monoisotopic (exact) mass is 422 g/mol. The van der Waals surface area contributed by atoms with Crippen molar-refractivity contribution < 1.29 is 29.1 Å². The lowest BCUT2D eigenvalue weighted by atomic mass is 10.0. The van der Waals surface area contributed by atoms with Gasteiger partial charge in [-0.25, -0.2) is 9.59 Å². The molecule has 0 N–H and O–H groups in total. The minimum Gasteiger partial charge on any atom is -0.293 e. The summed E-state index contributed by atoms with van der Waals surface area (Å²) in [6.45, 7) is 9.21. The second kappa shape index (κ2) is 15.9. The summed E-state index contributed by atoms with van der Waals surface area (Å²) < 4.78 is 0. The molecule has 1 aromatic carbocycles. The van der Waals surface area contributed by atoms with Crippen molar-refractivity contribution in [1.82, 2.24) is 0 Å². The first-order chi connectivity index (χ1) is 14.5. The van der Waals surface area contributed by atoms with Crippen molar-refractivity contribution in [2.75, 3.05) is 13.2 Å². The molecular weight excluding hydrogens is 384 g/mol. The van der Waals surface area contributed by atoms with Gasteiger partial charge in [0.2, 0.25) is 0 Å². The molecule has 6 nitrogen and oxygen atoms in total. The Bertz CT molecular complexity index is 566. The Labute approximate surface area is 181 Å². The second-order valence-corrected chi connectivity index (χ2v) is 7.72. The molecule has 2 atom stereocenters. The van der Waals surface area contributed by atoms with Crippen LogP contribution in [-0.2, 0) is 19.6 Å². The number of hydrogen-bond donors (Lipinski definition) is 0. The van der Waals surface area contributed by atoms with Gasteiger partial charge in [-0.3, -0.25) is 9.78 Å². The maximum absolute atomic E-state index is 12.2. The zero-order chi connectivity index (χ0) is 22.2. The third kappa shape index (κ3) is 10.2. The van der Waals surface area contributed by atoms with E-state index >= 15 is 0 Å². The van der Waals surface area contributed by atoms with Crippen LogP contribution < -0.4 is 0 Å². The van der Waals surface area contributed by atoms with Crippen molar-refractivity contribution in [3.63, 3.8) is 0 Å². The highest BCUT2D eigenvalue weighted by Crippen LogP contribution is 2.15. The van der Waals surface area contributed by atoms with Crippen LogP contribution in [0, 0.1) is 11.8 Å². The van der Waals surface area contributed by atoms with Crippen LogP contribution in [-0.4, -0.2) is 25.2 Å². The average Bonchev–Trinajstić information content (AvgIpc) is 2.78. The molecule has 1 aromatic rings. The lowest BCUT2D eigenvalue weighted by molar-refractivity contribution is -0.249. The number of unbranched alkanes of at least 4 members (excludes halogenated alkanes) is 2. The molecule has 0 amide bonds. The third-order valence-electron chi connectivity index (χ3n) is 5.30. The highest BCUT2D eigenvalue weighted by Gasteiger charge is 2.16. The van der Waals surface area contributed by atoms with Gasteiger partial charge in [-0.1, -0.05) is 72.3 Å². The van der Waals surface area contributed by atoms with Crippen LogP contribution in [0.25, 0.3) is 0 Å². The SMILES string of the molecule is CCCCC(CC)COOC(=O)c1cccc(C(=O)OOCC(CC)CCCC)c1. The van der Waals surface area contributed by atoms with Crippen LogP contribution >= 0.6 is 0 Å². The maximum atomic E-state index is 12.2. The second-order valence-electron chi connectivity index (χ2n) is 7.72. The van der Waals surface area contributed by atoms with Gasteiger partial charge in [0.1, 0.15) is 0 Å². The maximum Gasteiger partial charge on any atom is 0.373 e. The molecule has 0 saturated carbocycles. The van der Waals surface area contributed by atoms with E-state index in [1.54, 1.807) is 18.2 Å². The van der Waals surface area contributed by atoms with E-state index < -0.39 is 11.9 Å². The first-order valence-corrected chi connectivity index (χ1v) is 11.3. The van der Waals surface area contributed by atoms with E-state index in [1.165, 1.54) is 6.07 Å². The molecule has 30 heavy (non-hydrogen) atoms. The minimum atomic E-state index is -0.637. The van der Waals surface area contributed by atoms with E-state index in [-0.39, 0.29) is 11.1 Å². The van der Waals surface area contributed by atoms with E-state index in [2.05, 4.69) is 27.7 Å². The standard InChI is InChI=1S/C24H38O6/c1-5-9-12-19(7-3)17-27-29-23(25)21-14-11-15-22(16-21)24(26)30-28-18-20(8-4)13-10-6-2/h11,14-16,19-20H,5-10,12-13,17-18H2,1-4H3. The Morgan fingerprint density at radius 2 is 1.20 bits per heavy atom. The molecular formula is C24H38O6. The molecule has 0 spiro atoms. The Kier molecular flexibility index (Phi) is 13.8. The van der Waals surface area contributed by atoms with Crippen molar-refractivity contribution in [3.05, 3.63) is 35.4 Å². The van der Waals surface area contributed by atoms with E-state index in [0.29, 0.717) is 25.0 Å². The fraction of sp³-hybridized carbons (Fsp3) is 0.667. The lowest BCUT2D eigenvalue weighted by Gasteiger charge is -2.14. The van der Waals surface area contributed by atoms with Crippen LogP contribution in [0.15, 0.2) is 24.3 Å². The molecule has 1 rings (SSSR count). The Morgan fingerprint density at radius 3 is 1.57 bits per heavy atom. The van der Waals surface area contributed by atoms with Gasteiger partial charge < -0.3 is 0 Å². The van der Waals surface area contributed by atoms with Crippen molar-refractivity contribution in [2.24, 2.45) is 11.8 Å². The van der Waals surface area contributed by atoms with Gasteiger partial charge in [-0.15, -0.1) is 0 Å². The van der Waals surface area contributed by atoms with Crippen LogP contribution in [0.1, 0.15) is 99.8 Å². The van der Waals surface area contributed by atoms with E-state index in [1.807, 2.05) is 0 Å². The zero-order valence-corrected chi connectivity index (χ0v) is 19.0. The summed E-state index contributed by atoms with van der Waals surface area (Å²) >= 11 is 0. The summed E-state index contributed by atoms with van der Waals surface area (Å²) in [7, 11) is 0. The molecule has 0 aliphatic heterocycles. The largest absolute Gasteiger partial charge is 0.373 e. The van der Waals surface area contributed by atoms with Gasteiger partial charge in [-0.05, 0) is 42.9 Å². The fourth-order valence-corrected chi connectivity index (χ4v) is 3.03. The summed E-state index contributed by atoms with van der Waals surface area (Å²) in [6.07, 6.45) is 8.53. The number of hydrogen-bond acceptors (Lipinski definition) is 6. The molecule has 2 unspecified atom stereocenters. The normalized spacial score (nSPS) is 12.9. The van der Waals surface area contributed by atoms with Crippen LogP contribution in [0.4, 0.5) is 0 Å². The summed E-state index contributed by atoms with van der Waals surface area (Å²) in [5.41, 5.74) is 0.445. The van der Waals surface area contributed by atoms with Crippen molar-refractivity contribution in [3.8, 4) is 0 Å². The number of carbonyl (C=O) groups is 2. The molecule has 0 heterocycles. The quantitative estimate of drug-likeness (QED) is 0.230.